The van der Waals surface area contributed by atoms with Crippen LogP contribution < -0.4 is 5.73 Å². The molecule has 1 unspecified atom stereocenters. The largest absolute Gasteiger partial charge is 0.480 e. The van der Waals surface area contributed by atoms with Gasteiger partial charge in [-0.05, 0) is 12.5 Å². The SMILES string of the molecule is Cc1cccc(CSC(CN)C(=O)O)c1. The van der Waals surface area contributed by atoms with Gasteiger partial charge in [0, 0.05) is 12.3 Å². The second-order valence-electron chi connectivity index (χ2n) is 3.36. The van der Waals surface area contributed by atoms with E-state index in [2.05, 4.69) is 6.07 Å². The molecule has 0 bridgehead atoms. The van der Waals surface area contributed by atoms with Crippen LogP contribution in [0.15, 0.2) is 24.3 Å². The molecule has 1 rings (SSSR count). The second kappa shape index (κ2) is 5.78. The maximum absolute atomic E-state index is 10.7. The molecule has 0 aliphatic rings. The van der Waals surface area contributed by atoms with Gasteiger partial charge >= 0.3 is 5.97 Å². The Labute approximate surface area is 93.7 Å². The predicted octanol–water partition coefficient (Wildman–Crippen LogP) is 1.64. The lowest BCUT2D eigenvalue weighted by Crippen LogP contribution is -2.26. The number of thioether (sulfide) groups is 1. The number of rotatable bonds is 5. The average Bonchev–Trinajstić information content (AvgIpc) is 2.18. The van der Waals surface area contributed by atoms with Gasteiger partial charge in [0.2, 0.25) is 0 Å². The van der Waals surface area contributed by atoms with E-state index in [0.717, 1.165) is 5.56 Å². The lowest BCUT2D eigenvalue weighted by molar-refractivity contribution is -0.136. The number of hydrogen-bond acceptors (Lipinski definition) is 3. The summed E-state index contributed by atoms with van der Waals surface area (Å²) in [5.41, 5.74) is 7.69. The molecular formula is C11H15NO2S. The molecule has 0 aliphatic heterocycles. The summed E-state index contributed by atoms with van der Waals surface area (Å²) < 4.78 is 0. The summed E-state index contributed by atoms with van der Waals surface area (Å²) in [6, 6.07) is 8.05. The second-order valence-corrected chi connectivity index (χ2v) is 4.55. The Morgan fingerprint density at radius 1 is 1.60 bits per heavy atom. The van der Waals surface area contributed by atoms with E-state index < -0.39 is 11.2 Å². The molecule has 3 N–H and O–H groups in total. The topological polar surface area (TPSA) is 63.3 Å². The van der Waals surface area contributed by atoms with Gasteiger partial charge in [-0.15, -0.1) is 11.8 Å². The molecule has 0 heterocycles. The zero-order valence-electron chi connectivity index (χ0n) is 8.64. The Kier molecular flexibility index (Phi) is 4.65. The third-order valence-corrected chi connectivity index (χ3v) is 3.32. The van der Waals surface area contributed by atoms with Crippen LogP contribution in [0.25, 0.3) is 0 Å². The summed E-state index contributed by atoms with van der Waals surface area (Å²) in [6.07, 6.45) is 0. The summed E-state index contributed by atoms with van der Waals surface area (Å²) in [6.45, 7) is 2.19. The van der Waals surface area contributed by atoms with Crippen LogP contribution in [0.1, 0.15) is 11.1 Å². The van der Waals surface area contributed by atoms with Crippen LogP contribution in [0.2, 0.25) is 0 Å². The number of nitrogens with two attached hydrogens (primary N) is 1. The lowest BCUT2D eigenvalue weighted by atomic mass is 10.2. The minimum absolute atomic E-state index is 0.172. The summed E-state index contributed by atoms with van der Waals surface area (Å²) in [7, 11) is 0. The van der Waals surface area contributed by atoms with Crippen molar-refractivity contribution in [2.45, 2.75) is 17.9 Å². The summed E-state index contributed by atoms with van der Waals surface area (Å²) in [4.78, 5) is 10.7. The number of hydrogen-bond donors (Lipinski definition) is 2. The fourth-order valence-corrected chi connectivity index (χ4v) is 2.09. The molecule has 3 nitrogen and oxygen atoms in total. The maximum atomic E-state index is 10.7. The Hall–Kier alpha value is -1.00. The standard InChI is InChI=1S/C11H15NO2S/c1-8-3-2-4-9(5-8)7-15-10(6-12)11(13)14/h2-5,10H,6-7,12H2,1H3,(H,13,14). The first-order chi connectivity index (χ1) is 7.13. The maximum Gasteiger partial charge on any atom is 0.317 e. The van der Waals surface area contributed by atoms with Crippen LogP contribution in [0.4, 0.5) is 0 Å². The average molecular weight is 225 g/mol. The summed E-state index contributed by atoms with van der Waals surface area (Å²) in [5.74, 6) is -0.147. The van der Waals surface area contributed by atoms with Crippen molar-refractivity contribution in [1.82, 2.24) is 0 Å². The molecule has 4 heteroatoms. The molecule has 0 amide bonds. The van der Waals surface area contributed by atoms with E-state index in [9.17, 15) is 4.79 Å². The molecule has 1 aromatic carbocycles. The lowest BCUT2D eigenvalue weighted by Gasteiger charge is -2.09. The first-order valence-corrected chi connectivity index (χ1v) is 5.78. The fraction of sp³-hybridized carbons (Fsp3) is 0.364. The molecule has 0 radical (unpaired) electrons. The molecular weight excluding hydrogens is 210 g/mol. The first-order valence-electron chi connectivity index (χ1n) is 4.73. The number of carbonyl (C=O) groups is 1. The molecule has 82 valence electrons. The van der Waals surface area contributed by atoms with Gasteiger partial charge in [-0.1, -0.05) is 29.8 Å². The van der Waals surface area contributed by atoms with E-state index in [0.29, 0.717) is 5.75 Å². The predicted molar refractivity (Wildman–Crippen MR) is 63.0 cm³/mol. The summed E-state index contributed by atoms with van der Waals surface area (Å²) in [5, 5.41) is 8.30. The number of aliphatic carboxylic acids is 1. The Morgan fingerprint density at radius 3 is 2.87 bits per heavy atom. The van der Waals surface area contributed by atoms with Gasteiger partial charge in [0.15, 0.2) is 0 Å². The van der Waals surface area contributed by atoms with E-state index in [1.54, 1.807) is 0 Å². The van der Waals surface area contributed by atoms with Crippen LogP contribution in [0.3, 0.4) is 0 Å². The van der Waals surface area contributed by atoms with Crippen LogP contribution in [-0.4, -0.2) is 22.9 Å². The molecule has 0 saturated heterocycles. The zero-order chi connectivity index (χ0) is 11.3. The molecule has 0 fully saturated rings. The smallest absolute Gasteiger partial charge is 0.317 e. The van der Waals surface area contributed by atoms with Crippen molar-refractivity contribution in [3.8, 4) is 0 Å². The molecule has 15 heavy (non-hydrogen) atoms. The summed E-state index contributed by atoms with van der Waals surface area (Å²) >= 11 is 1.37. The molecule has 1 aromatic rings. The quantitative estimate of drug-likeness (QED) is 0.799. The highest BCUT2D eigenvalue weighted by Crippen LogP contribution is 2.18. The number of carboxylic acids is 1. The molecule has 1 atom stereocenters. The van der Waals surface area contributed by atoms with Crippen molar-refractivity contribution in [3.63, 3.8) is 0 Å². The normalized spacial score (nSPS) is 12.4. The molecule has 0 aromatic heterocycles. The van der Waals surface area contributed by atoms with Crippen LogP contribution in [0.5, 0.6) is 0 Å². The number of carboxylic acid groups (broad SMARTS) is 1. The Bertz CT molecular complexity index is 341. The van der Waals surface area contributed by atoms with Gasteiger partial charge in [-0.25, -0.2) is 0 Å². The van der Waals surface area contributed by atoms with Gasteiger partial charge in [0.25, 0.3) is 0 Å². The van der Waals surface area contributed by atoms with Gasteiger partial charge in [0.05, 0.1) is 0 Å². The van der Waals surface area contributed by atoms with Crippen molar-refractivity contribution in [2.75, 3.05) is 6.54 Å². The highest BCUT2D eigenvalue weighted by Gasteiger charge is 2.15. The monoisotopic (exact) mass is 225 g/mol. The molecule has 0 aliphatic carbocycles. The van der Waals surface area contributed by atoms with Crippen molar-refractivity contribution >= 4 is 17.7 Å². The van der Waals surface area contributed by atoms with E-state index in [4.69, 9.17) is 10.8 Å². The minimum atomic E-state index is -0.838. The van der Waals surface area contributed by atoms with Crippen LogP contribution in [0, 0.1) is 6.92 Å². The first kappa shape index (κ1) is 12.1. The number of benzene rings is 1. The highest BCUT2D eigenvalue weighted by molar-refractivity contribution is 7.99. The van der Waals surface area contributed by atoms with E-state index >= 15 is 0 Å². The zero-order valence-corrected chi connectivity index (χ0v) is 9.46. The van der Waals surface area contributed by atoms with Gasteiger partial charge < -0.3 is 10.8 Å². The van der Waals surface area contributed by atoms with E-state index in [1.807, 2.05) is 25.1 Å². The van der Waals surface area contributed by atoms with E-state index in [-0.39, 0.29) is 6.54 Å². The Balaban J connectivity index is 2.52. The van der Waals surface area contributed by atoms with Crippen molar-refractivity contribution in [1.29, 1.82) is 0 Å². The van der Waals surface area contributed by atoms with Gasteiger partial charge in [-0.2, -0.15) is 0 Å². The fourth-order valence-electron chi connectivity index (χ4n) is 1.24. The highest BCUT2D eigenvalue weighted by atomic mass is 32.2. The third kappa shape index (κ3) is 3.93. The van der Waals surface area contributed by atoms with Crippen LogP contribution >= 0.6 is 11.8 Å². The van der Waals surface area contributed by atoms with Crippen molar-refractivity contribution in [3.05, 3.63) is 35.4 Å². The van der Waals surface area contributed by atoms with Crippen molar-refractivity contribution in [2.24, 2.45) is 5.73 Å². The minimum Gasteiger partial charge on any atom is -0.480 e. The van der Waals surface area contributed by atoms with E-state index in [1.165, 1.54) is 17.3 Å². The molecule has 0 saturated carbocycles. The Morgan fingerprint density at radius 2 is 2.33 bits per heavy atom. The third-order valence-electron chi connectivity index (χ3n) is 2.02. The van der Waals surface area contributed by atoms with Crippen molar-refractivity contribution < 1.29 is 9.90 Å². The van der Waals surface area contributed by atoms with Gasteiger partial charge in [0.1, 0.15) is 5.25 Å². The number of aryl methyl sites for hydroxylation is 1. The molecule has 0 spiro atoms. The van der Waals surface area contributed by atoms with Crippen LogP contribution in [-0.2, 0) is 10.5 Å². The van der Waals surface area contributed by atoms with Gasteiger partial charge in [-0.3, -0.25) is 4.79 Å².